The molecule has 0 radical (unpaired) electrons. The number of hydrogen-bond acceptors (Lipinski definition) is 6. The minimum Gasteiger partial charge on any atom is -0.476 e. The van der Waals surface area contributed by atoms with Crippen LogP contribution in [0.5, 0.6) is 5.88 Å². The Kier molecular flexibility index (Phi) is 5.43. The van der Waals surface area contributed by atoms with Crippen LogP contribution in [-0.2, 0) is 6.18 Å². The summed E-state index contributed by atoms with van der Waals surface area (Å²) in [4.78, 5) is 11.5. The topological polar surface area (TPSA) is 72.0 Å². The monoisotopic (exact) mass is 347 g/mol. The van der Waals surface area contributed by atoms with Crippen molar-refractivity contribution in [2.45, 2.75) is 6.18 Å². The van der Waals surface area contributed by atoms with Crippen LogP contribution in [0.4, 0.5) is 24.7 Å². The fraction of sp³-hybridized carbons (Fsp3) is 0.308. The first-order chi connectivity index (χ1) is 10.9. The van der Waals surface area contributed by atoms with Gasteiger partial charge in [-0.05, 0) is 6.07 Å². The zero-order valence-electron chi connectivity index (χ0n) is 12.0. The number of rotatable bonds is 6. The maximum Gasteiger partial charge on any atom is 0.417 e. The average molecular weight is 348 g/mol. The predicted molar refractivity (Wildman–Crippen MR) is 79.8 cm³/mol. The van der Waals surface area contributed by atoms with Gasteiger partial charge in [0.05, 0.1) is 12.1 Å². The molecular weight excluding hydrogens is 335 g/mol. The molecule has 2 aromatic rings. The SMILES string of the molecule is CNc1c(Cl)ncnc1NCCOc1ccc(C(F)(F)F)cn1. The van der Waals surface area contributed by atoms with Crippen molar-refractivity contribution in [3.63, 3.8) is 0 Å². The predicted octanol–water partition coefficient (Wildman–Crippen LogP) is 3.08. The molecule has 2 N–H and O–H groups in total. The molecule has 10 heteroatoms. The molecule has 2 aromatic heterocycles. The van der Waals surface area contributed by atoms with Crippen LogP contribution in [0.25, 0.3) is 0 Å². The molecule has 2 rings (SSSR count). The van der Waals surface area contributed by atoms with Crippen LogP contribution in [0.2, 0.25) is 5.15 Å². The van der Waals surface area contributed by atoms with Gasteiger partial charge in [-0.3, -0.25) is 0 Å². The van der Waals surface area contributed by atoms with Gasteiger partial charge in [0.15, 0.2) is 11.0 Å². The first-order valence-electron chi connectivity index (χ1n) is 6.50. The molecule has 2 heterocycles. The summed E-state index contributed by atoms with van der Waals surface area (Å²) in [5.74, 6) is 0.603. The summed E-state index contributed by atoms with van der Waals surface area (Å²) in [5, 5.41) is 6.12. The van der Waals surface area contributed by atoms with Gasteiger partial charge in [-0.25, -0.2) is 15.0 Å². The number of ether oxygens (including phenoxy) is 1. The highest BCUT2D eigenvalue weighted by Gasteiger charge is 2.30. The molecule has 0 atom stereocenters. The summed E-state index contributed by atoms with van der Waals surface area (Å²) in [6, 6.07) is 2.09. The smallest absolute Gasteiger partial charge is 0.417 e. The number of alkyl halides is 3. The van der Waals surface area contributed by atoms with Gasteiger partial charge < -0.3 is 15.4 Å². The first kappa shape index (κ1) is 17.1. The second kappa shape index (κ2) is 7.32. The van der Waals surface area contributed by atoms with E-state index in [1.54, 1.807) is 7.05 Å². The molecule has 23 heavy (non-hydrogen) atoms. The van der Waals surface area contributed by atoms with Crippen molar-refractivity contribution in [2.24, 2.45) is 0 Å². The van der Waals surface area contributed by atoms with E-state index in [1.807, 2.05) is 0 Å². The second-order valence-corrected chi connectivity index (χ2v) is 4.65. The minimum absolute atomic E-state index is 0.106. The molecule has 0 saturated heterocycles. The molecule has 124 valence electrons. The van der Waals surface area contributed by atoms with Crippen molar-refractivity contribution in [3.8, 4) is 5.88 Å². The summed E-state index contributed by atoms with van der Waals surface area (Å²) < 4.78 is 42.5. The van der Waals surface area contributed by atoms with Crippen molar-refractivity contribution in [2.75, 3.05) is 30.8 Å². The maximum atomic E-state index is 12.4. The third-order valence-electron chi connectivity index (χ3n) is 2.76. The van der Waals surface area contributed by atoms with Gasteiger partial charge >= 0.3 is 6.18 Å². The Morgan fingerprint density at radius 2 is 2.00 bits per heavy atom. The Morgan fingerprint density at radius 3 is 2.61 bits per heavy atom. The highest BCUT2D eigenvalue weighted by atomic mass is 35.5. The van der Waals surface area contributed by atoms with Gasteiger partial charge in [0, 0.05) is 19.3 Å². The van der Waals surface area contributed by atoms with Crippen LogP contribution in [-0.4, -0.2) is 35.2 Å². The molecule has 0 fully saturated rings. The lowest BCUT2D eigenvalue weighted by atomic mass is 10.3. The van der Waals surface area contributed by atoms with Crippen LogP contribution >= 0.6 is 11.6 Å². The summed E-state index contributed by atoms with van der Waals surface area (Å²) in [6.07, 6.45) is -2.38. The lowest BCUT2D eigenvalue weighted by molar-refractivity contribution is -0.137. The number of aromatic nitrogens is 3. The minimum atomic E-state index is -4.41. The Hall–Kier alpha value is -2.29. The highest BCUT2D eigenvalue weighted by molar-refractivity contribution is 6.32. The number of nitrogens with one attached hydrogen (secondary N) is 2. The largest absolute Gasteiger partial charge is 0.476 e. The molecule has 0 aliphatic rings. The molecule has 0 bridgehead atoms. The fourth-order valence-electron chi connectivity index (χ4n) is 1.68. The molecule has 0 amide bonds. The molecule has 6 nitrogen and oxygen atoms in total. The van der Waals surface area contributed by atoms with Gasteiger partial charge in [0.1, 0.15) is 18.6 Å². The van der Waals surface area contributed by atoms with Gasteiger partial charge in [-0.1, -0.05) is 11.6 Å². The van der Waals surface area contributed by atoms with Gasteiger partial charge in [-0.2, -0.15) is 13.2 Å². The molecule has 0 unspecified atom stereocenters. The van der Waals surface area contributed by atoms with Gasteiger partial charge in [0.2, 0.25) is 5.88 Å². The van der Waals surface area contributed by atoms with Crippen LogP contribution in [0, 0.1) is 0 Å². The van der Waals surface area contributed by atoms with Crippen LogP contribution in [0.15, 0.2) is 24.7 Å². The van der Waals surface area contributed by atoms with Crippen molar-refractivity contribution in [3.05, 3.63) is 35.4 Å². The number of halogens is 4. The Morgan fingerprint density at radius 1 is 1.22 bits per heavy atom. The van der Waals surface area contributed by atoms with Crippen LogP contribution in [0.3, 0.4) is 0 Å². The molecule has 0 spiro atoms. The Balaban J connectivity index is 1.85. The Labute approximate surface area is 135 Å². The number of anilines is 2. The van der Waals surface area contributed by atoms with E-state index in [1.165, 1.54) is 12.4 Å². The van der Waals surface area contributed by atoms with Crippen LogP contribution in [0.1, 0.15) is 5.56 Å². The second-order valence-electron chi connectivity index (χ2n) is 4.30. The zero-order valence-corrected chi connectivity index (χ0v) is 12.7. The van der Waals surface area contributed by atoms with Crippen molar-refractivity contribution >= 4 is 23.1 Å². The molecule has 0 saturated carbocycles. The summed E-state index contributed by atoms with van der Waals surface area (Å²) in [7, 11) is 1.68. The molecule has 0 aliphatic carbocycles. The van der Waals surface area contributed by atoms with Crippen molar-refractivity contribution in [1.82, 2.24) is 15.0 Å². The number of hydrogen-bond donors (Lipinski definition) is 2. The summed E-state index contributed by atoms with van der Waals surface area (Å²) >= 11 is 5.90. The maximum absolute atomic E-state index is 12.4. The lowest BCUT2D eigenvalue weighted by Crippen LogP contribution is -2.14. The van der Waals surface area contributed by atoms with E-state index in [9.17, 15) is 13.2 Å². The van der Waals surface area contributed by atoms with E-state index in [2.05, 4.69) is 25.6 Å². The molecule has 0 aliphatic heterocycles. The molecular formula is C13H13ClF3N5O. The van der Waals surface area contributed by atoms with E-state index in [4.69, 9.17) is 16.3 Å². The summed E-state index contributed by atoms with van der Waals surface area (Å²) in [5.41, 5.74) is -0.279. The first-order valence-corrected chi connectivity index (χ1v) is 6.88. The normalized spacial score (nSPS) is 11.2. The van der Waals surface area contributed by atoms with E-state index in [0.29, 0.717) is 18.1 Å². The number of pyridine rings is 1. The third-order valence-corrected chi connectivity index (χ3v) is 3.05. The van der Waals surface area contributed by atoms with Gasteiger partial charge in [-0.15, -0.1) is 0 Å². The zero-order chi connectivity index (χ0) is 16.9. The lowest BCUT2D eigenvalue weighted by Gasteiger charge is -2.12. The average Bonchev–Trinajstić information content (AvgIpc) is 2.51. The standard InChI is InChI=1S/C13H13ClF3N5O/c1-18-10-11(14)21-7-22-12(10)19-4-5-23-9-3-2-8(6-20-9)13(15,16)17/h2-3,6-7,18H,4-5H2,1H3,(H,19,21,22). The third kappa shape index (κ3) is 4.59. The summed E-state index contributed by atoms with van der Waals surface area (Å²) in [6.45, 7) is 0.536. The van der Waals surface area contributed by atoms with E-state index in [-0.39, 0.29) is 17.6 Å². The van der Waals surface area contributed by atoms with Crippen LogP contribution < -0.4 is 15.4 Å². The number of nitrogens with zero attached hydrogens (tertiary/aromatic N) is 3. The van der Waals surface area contributed by atoms with E-state index < -0.39 is 11.7 Å². The van der Waals surface area contributed by atoms with E-state index in [0.717, 1.165) is 12.3 Å². The Bertz CT molecular complexity index is 651. The van der Waals surface area contributed by atoms with Gasteiger partial charge in [0.25, 0.3) is 0 Å². The van der Waals surface area contributed by atoms with E-state index >= 15 is 0 Å². The van der Waals surface area contributed by atoms with Crippen molar-refractivity contribution in [1.29, 1.82) is 0 Å². The van der Waals surface area contributed by atoms with Crippen molar-refractivity contribution < 1.29 is 17.9 Å². The fourth-order valence-corrected chi connectivity index (χ4v) is 1.91. The molecule has 0 aromatic carbocycles. The highest BCUT2D eigenvalue weighted by Crippen LogP contribution is 2.29. The quantitative estimate of drug-likeness (QED) is 0.618.